The quantitative estimate of drug-likeness (QED) is 0.815. The minimum atomic E-state index is -0.0522. The third-order valence-electron chi connectivity index (χ3n) is 4.58. The molecule has 5 heteroatoms. The van der Waals surface area contributed by atoms with Gasteiger partial charge in [0.1, 0.15) is 5.69 Å². The zero-order valence-electron chi connectivity index (χ0n) is 13.6. The van der Waals surface area contributed by atoms with Gasteiger partial charge in [0.15, 0.2) is 0 Å². The molecular formula is C18H23N3O2. The molecule has 0 saturated heterocycles. The van der Waals surface area contributed by atoms with E-state index in [0.717, 1.165) is 42.1 Å². The standard InChI is InChI=1S/C18H23N3O2/c1-11-4-3-5-13-10-16(21-17(11)13)18(23)20-15-8-6-14(7-9-15)19-12(2)22/h3-5,10,14-15,21H,6-9H2,1-2H3,(H,19,22)(H,20,23). The summed E-state index contributed by atoms with van der Waals surface area (Å²) in [6.45, 7) is 3.58. The molecule has 2 amide bonds. The van der Waals surface area contributed by atoms with Crippen molar-refractivity contribution in [3.05, 3.63) is 35.5 Å². The fourth-order valence-corrected chi connectivity index (χ4v) is 3.36. The molecule has 23 heavy (non-hydrogen) atoms. The minimum Gasteiger partial charge on any atom is -0.354 e. The fourth-order valence-electron chi connectivity index (χ4n) is 3.36. The average Bonchev–Trinajstić information content (AvgIpc) is 2.94. The van der Waals surface area contributed by atoms with Gasteiger partial charge in [0.2, 0.25) is 5.91 Å². The minimum absolute atomic E-state index is 0.0194. The molecule has 5 nitrogen and oxygen atoms in total. The molecule has 1 aliphatic rings. The van der Waals surface area contributed by atoms with Crippen LogP contribution in [0.1, 0.15) is 48.7 Å². The SMILES string of the molecule is CC(=O)NC1CCC(NC(=O)c2cc3cccc(C)c3[nH]2)CC1. The largest absolute Gasteiger partial charge is 0.354 e. The summed E-state index contributed by atoms with van der Waals surface area (Å²) in [5.74, 6) is -0.0329. The number of H-pyrrole nitrogens is 1. The molecule has 3 N–H and O–H groups in total. The molecule has 3 rings (SSSR count). The summed E-state index contributed by atoms with van der Waals surface area (Å²) in [7, 11) is 0. The Morgan fingerprint density at radius 1 is 1.09 bits per heavy atom. The van der Waals surface area contributed by atoms with Crippen molar-refractivity contribution in [3.8, 4) is 0 Å². The predicted molar refractivity (Wildman–Crippen MR) is 90.4 cm³/mol. The third kappa shape index (κ3) is 3.55. The summed E-state index contributed by atoms with van der Waals surface area (Å²) >= 11 is 0. The van der Waals surface area contributed by atoms with E-state index in [1.165, 1.54) is 0 Å². The number of carbonyl (C=O) groups excluding carboxylic acids is 2. The maximum Gasteiger partial charge on any atom is 0.267 e. The molecule has 1 aromatic carbocycles. The first-order chi connectivity index (χ1) is 11.0. The van der Waals surface area contributed by atoms with Crippen LogP contribution in [0.2, 0.25) is 0 Å². The van der Waals surface area contributed by atoms with E-state index in [1.807, 2.05) is 31.2 Å². The second-order valence-electron chi connectivity index (χ2n) is 6.44. The summed E-state index contributed by atoms with van der Waals surface area (Å²) in [6.07, 6.45) is 3.62. The summed E-state index contributed by atoms with van der Waals surface area (Å²) < 4.78 is 0. The number of nitrogens with one attached hydrogen (secondary N) is 3. The van der Waals surface area contributed by atoms with E-state index >= 15 is 0 Å². The Morgan fingerprint density at radius 2 is 1.74 bits per heavy atom. The first-order valence-corrected chi connectivity index (χ1v) is 8.19. The Kier molecular flexibility index (Phi) is 4.37. The number of fused-ring (bicyclic) bond motifs is 1. The van der Waals surface area contributed by atoms with Crippen molar-refractivity contribution in [3.63, 3.8) is 0 Å². The maximum absolute atomic E-state index is 12.4. The van der Waals surface area contributed by atoms with Crippen LogP contribution in [-0.2, 0) is 4.79 Å². The highest BCUT2D eigenvalue weighted by atomic mass is 16.2. The van der Waals surface area contributed by atoms with Crippen molar-refractivity contribution in [2.24, 2.45) is 0 Å². The third-order valence-corrected chi connectivity index (χ3v) is 4.58. The normalized spacial score (nSPS) is 21.1. The van der Waals surface area contributed by atoms with Crippen molar-refractivity contribution < 1.29 is 9.59 Å². The summed E-state index contributed by atoms with van der Waals surface area (Å²) in [4.78, 5) is 26.7. The molecule has 0 aliphatic heterocycles. The predicted octanol–water partition coefficient (Wildman–Crippen LogP) is 2.65. The van der Waals surface area contributed by atoms with E-state index in [-0.39, 0.29) is 23.9 Å². The molecule has 1 heterocycles. The van der Waals surface area contributed by atoms with E-state index in [4.69, 9.17) is 0 Å². The number of hydrogen-bond acceptors (Lipinski definition) is 2. The van der Waals surface area contributed by atoms with Crippen LogP contribution in [0.3, 0.4) is 0 Å². The van der Waals surface area contributed by atoms with Gasteiger partial charge in [-0.25, -0.2) is 0 Å². The zero-order valence-corrected chi connectivity index (χ0v) is 13.6. The van der Waals surface area contributed by atoms with Crippen molar-refractivity contribution >= 4 is 22.7 Å². The first-order valence-electron chi connectivity index (χ1n) is 8.19. The topological polar surface area (TPSA) is 74.0 Å². The van der Waals surface area contributed by atoms with Crippen molar-refractivity contribution in [1.29, 1.82) is 0 Å². The molecule has 0 radical (unpaired) electrons. The first kappa shape index (κ1) is 15.6. The second-order valence-corrected chi connectivity index (χ2v) is 6.44. The summed E-state index contributed by atoms with van der Waals surface area (Å²) in [6, 6.07) is 8.37. The second kappa shape index (κ2) is 6.44. The van der Waals surface area contributed by atoms with Gasteiger partial charge in [0, 0.05) is 29.9 Å². The molecule has 0 bridgehead atoms. The van der Waals surface area contributed by atoms with Crippen molar-refractivity contribution in [1.82, 2.24) is 15.6 Å². The number of aromatic nitrogens is 1. The van der Waals surface area contributed by atoms with Crippen LogP contribution in [0.25, 0.3) is 10.9 Å². The number of para-hydroxylation sites is 1. The Hall–Kier alpha value is -2.30. The lowest BCUT2D eigenvalue weighted by Crippen LogP contribution is -2.43. The molecule has 122 valence electrons. The molecule has 0 spiro atoms. The highest BCUT2D eigenvalue weighted by Gasteiger charge is 2.23. The van der Waals surface area contributed by atoms with Gasteiger partial charge in [-0.2, -0.15) is 0 Å². The number of aryl methyl sites for hydroxylation is 1. The van der Waals surface area contributed by atoms with E-state index in [1.54, 1.807) is 6.92 Å². The van der Waals surface area contributed by atoms with Gasteiger partial charge in [-0.15, -0.1) is 0 Å². The fraction of sp³-hybridized carbons (Fsp3) is 0.444. The van der Waals surface area contributed by atoms with Crippen LogP contribution in [0.4, 0.5) is 0 Å². The van der Waals surface area contributed by atoms with E-state index in [2.05, 4.69) is 15.6 Å². The van der Waals surface area contributed by atoms with E-state index in [9.17, 15) is 9.59 Å². The van der Waals surface area contributed by atoms with Crippen LogP contribution < -0.4 is 10.6 Å². The van der Waals surface area contributed by atoms with Crippen LogP contribution >= 0.6 is 0 Å². The maximum atomic E-state index is 12.4. The average molecular weight is 313 g/mol. The molecule has 2 aromatic rings. The Balaban J connectivity index is 1.61. The highest BCUT2D eigenvalue weighted by Crippen LogP contribution is 2.21. The number of hydrogen-bond donors (Lipinski definition) is 3. The van der Waals surface area contributed by atoms with E-state index in [0.29, 0.717) is 5.69 Å². The van der Waals surface area contributed by atoms with Gasteiger partial charge in [-0.3, -0.25) is 9.59 Å². The summed E-state index contributed by atoms with van der Waals surface area (Å²) in [5.41, 5.74) is 2.77. The van der Waals surface area contributed by atoms with Gasteiger partial charge >= 0.3 is 0 Å². The lowest BCUT2D eigenvalue weighted by molar-refractivity contribution is -0.119. The van der Waals surface area contributed by atoms with Crippen LogP contribution in [-0.4, -0.2) is 28.9 Å². The van der Waals surface area contributed by atoms with Gasteiger partial charge < -0.3 is 15.6 Å². The number of aromatic amines is 1. The van der Waals surface area contributed by atoms with Crippen molar-refractivity contribution in [2.75, 3.05) is 0 Å². The van der Waals surface area contributed by atoms with Crippen LogP contribution in [0.5, 0.6) is 0 Å². The molecule has 1 aromatic heterocycles. The van der Waals surface area contributed by atoms with Gasteiger partial charge in [0.05, 0.1) is 0 Å². The summed E-state index contributed by atoms with van der Waals surface area (Å²) in [5, 5.41) is 7.12. The smallest absolute Gasteiger partial charge is 0.267 e. The number of rotatable bonds is 3. The zero-order chi connectivity index (χ0) is 16.4. The van der Waals surface area contributed by atoms with Crippen molar-refractivity contribution in [2.45, 2.75) is 51.6 Å². The van der Waals surface area contributed by atoms with E-state index < -0.39 is 0 Å². The molecule has 1 aliphatic carbocycles. The molecule has 0 unspecified atom stereocenters. The number of amides is 2. The van der Waals surface area contributed by atoms with Crippen LogP contribution in [0, 0.1) is 6.92 Å². The van der Waals surface area contributed by atoms with Gasteiger partial charge in [-0.05, 0) is 44.2 Å². The van der Waals surface area contributed by atoms with Crippen LogP contribution in [0.15, 0.2) is 24.3 Å². The Morgan fingerprint density at radius 3 is 2.35 bits per heavy atom. The Bertz CT molecular complexity index is 727. The molecule has 1 saturated carbocycles. The monoisotopic (exact) mass is 313 g/mol. The number of benzene rings is 1. The molecule has 1 fully saturated rings. The number of carbonyl (C=O) groups is 2. The molecular weight excluding hydrogens is 290 g/mol. The molecule has 0 atom stereocenters. The van der Waals surface area contributed by atoms with Gasteiger partial charge in [-0.1, -0.05) is 18.2 Å². The highest BCUT2D eigenvalue weighted by molar-refractivity contribution is 5.98. The lowest BCUT2D eigenvalue weighted by atomic mass is 9.91. The lowest BCUT2D eigenvalue weighted by Gasteiger charge is -2.29. The van der Waals surface area contributed by atoms with Gasteiger partial charge in [0.25, 0.3) is 5.91 Å². The Labute approximate surface area is 135 Å².